The summed E-state index contributed by atoms with van der Waals surface area (Å²) < 4.78 is 0. The Balaban J connectivity index is 0.000000810. The van der Waals surface area contributed by atoms with Crippen molar-refractivity contribution in [3.8, 4) is 0 Å². The fraction of sp³-hybridized carbons (Fsp3) is 0.333. The Kier molecular flexibility index (Phi) is 3.51. The fourth-order valence-corrected chi connectivity index (χ4v) is 0.588. The molecule has 0 amide bonds. The van der Waals surface area contributed by atoms with Crippen LogP contribution in [0, 0.1) is 13.8 Å². The van der Waals surface area contributed by atoms with E-state index in [0.717, 1.165) is 11.3 Å². The first-order chi connectivity index (χ1) is 4.25. The molecule has 54 valence electrons. The van der Waals surface area contributed by atoms with Crippen LogP contribution in [0.15, 0.2) is 0 Å². The smallest absolute Gasteiger partial charge is 0.0122 e. The number of rotatable bonds is 1. The molecule has 10 heavy (non-hydrogen) atoms. The van der Waals surface area contributed by atoms with E-state index in [1.54, 1.807) is 6.29 Å². The molecule has 0 unspecified atom stereocenters. The topological polar surface area (TPSA) is 45.8 Å². The average molecular weight is 307 g/mol. The maximum atomic E-state index is 10.0. The molecule has 0 aliphatic heterocycles. The number of nitrogens with one attached hydrogen (secondary N) is 1. The molecule has 0 aliphatic carbocycles. The van der Waals surface area contributed by atoms with Gasteiger partial charge in [-0.25, -0.2) is 5.10 Å². The molecule has 1 aromatic rings. The van der Waals surface area contributed by atoms with Crippen molar-refractivity contribution in [1.82, 2.24) is 10.2 Å². The zero-order chi connectivity index (χ0) is 6.85. The minimum atomic E-state index is 0. The van der Waals surface area contributed by atoms with Gasteiger partial charge in [-0.15, -0.1) is 12.5 Å². The summed E-state index contributed by atoms with van der Waals surface area (Å²) in [6, 6.07) is 0. The molecule has 0 atom stereocenters. The van der Waals surface area contributed by atoms with Gasteiger partial charge in [-0.1, -0.05) is 5.69 Å². The minimum absolute atomic E-state index is 0. The Morgan fingerprint density at radius 1 is 1.50 bits per heavy atom. The summed E-state index contributed by atoms with van der Waals surface area (Å²) >= 11 is 0. The Labute approximate surface area is 73.5 Å². The Morgan fingerprint density at radius 3 is 2.30 bits per heavy atom. The van der Waals surface area contributed by atoms with Crippen LogP contribution in [0.1, 0.15) is 17.0 Å². The van der Waals surface area contributed by atoms with E-state index in [1.807, 2.05) is 13.8 Å². The minimum Gasteiger partial charge on any atom is -0.417 e. The van der Waals surface area contributed by atoms with E-state index in [2.05, 4.69) is 10.2 Å². The number of hydrogen-bond acceptors (Lipinski definition) is 2. The fourth-order valence-electron chi connectivity index (χ4n) is 0.588. The van der Waals surface area contributed by atoms with Gasteiger partial charge in [-0.05, 0) is 12.6 Å². The molecule has 0 bridgehead atoms. The summed E-state index contributed by atoms with van der Waals surface area (Å²) in [6.07, 6.45) is 1.75. The third kappa shape index (κ3) is 1.54. The van der Waals surface area contributed by atoms with Gasteiger partial charge in [-0.2, -0.15) is 0 Å². The van der Waals surface area contributed by atoms with E-state index in [9.17, 15) is 4.79 Å². The first kappa shape index (κ1) is 9.57. The van der Waals surface area contributed by atoms with Gasteiger partial charge in [0.2, 0.25) is 0 Å². The maximum absolute atomic E-state index is 10.0. The molecule has 1 heterocycles. The van der Waals surface area contributed by atoms with Crippen molar-refractivity contribution in [2.24, 2.45) is 0 Å². The van der Waals surface area contributed by atoms with Crippen molar-refractivity contribution in [2.45, 2.75) is 13.8 Å². The molecule has 3 nitrogen and oxygen atoms in total. The van der Waals surface area contributed by atoms with Crippen molar-refractivity contribution in [3.05, 3.63) is 17.0 Å². The van der Waals surface area contributed by atoms with Gasteiger partial charge < -0.3 is 9.89 Å². The first-order valence-electron chi connectivity index (χ1n) is 2.65. The number of aryl methyl sites for hydroxylation is 1. The first-order valence-corrected chi connectivity index (χ1v) is 2.65. The van der Waals surface area contributed by atoms with Gasteiger partial charge in [0.1, 0.15) is 0 Å². The van der Waals surface area contributed by atoms with Gasteiger partial charge in [0.05, 0.1) is 0 Å². The van der Waals surface area contributed by atoms with E-state index in [0.29, 0.717) is 5.69 Å². The summed E-state index contributed by atoms with van der Waals surface area (Å²) in [4.78, 5) is 10.0. The zero-order valence-corrected chi connectivity index (χ0v) is 8.70. The molecular weight excluding hydrogens is 300 g/mol. The van der Waals surface area contributed by atoms with E-state index in [4.69, 9.17) is 0 Å². The molecular formula is C6H7N2OW-. The average Bonchev–Trinajstić information content (AvgIpc) is 2.15. The summed E-state index contributed by atoms with van der Waals surface area (Å²) in [6.45, 7) is 3.67. The van der Waals surface area contributed by atoms with Crippen LogP contribution in [0.25, 0.3) is 0 Å². The quantitative estimate of drug-likeness (QED) is 0.767. The second-order valence-electron chi connectivity index (χ2n) is 1.91. The zero-order valence-electron chi connectivity index (χ0n) is 5.76. The normalized spacial score (nSPS) is 8.60. The van der Waals surface area contributed by atoms with Crippen LogP contribution < -0.4 is 0 Å². The largest absolute Gasteiger partial charge is 0.417 e. The number of aromatic amines is 1. The molecule has 0 radical (unpaired) electrons. The van der Waals surface area contributed by atoms with E-state index in [1.165, 1.54) is 0 Å². The molecule has 0 spiro atoms. The van der Waals surface area contributed by atoms with Crippen LogP contribution in [0.5, 0.6) is 0 Å². The van der Waals surface area contributed by atoms with Crippen LogP contribution in [0.3, 0.4) is 0 Å². The molecule has 0 aromatic carbocycles. The molecule has 1 rings (SSSR count). The van der Waals surface area contributed by atoms with Gasteiger partial charge >= 0.3 is 0 Å². The van der Waals surface area contributed by atoms with Crippen molar-refractivity contribution >= 4 is 6.29 Å². The van der Waals surface area contributed by atoms with Crippen LogP contribution in [-0.4, -0.2) is 16.5 Å². The van der Waals surface area contributed by atoms with Crippen molar-refractivity contribution in [2.75, 3.05) is 0 Å². The van der Waals surface area contributed by atoms with Crippen LogP contribution in [0.2, 0.25) is 0 Å². The third-order valence-electron chi connectivity index (χ3n) is 1.36. The number of nitrogens with zero attached hydrogens (tertiary/aromatic N) is 1. The van der Waals surface area contributed by atoms with Crippen LogP contribution in [-0.2, 0) is 25.9 Å². The van der Waals surface area contributed by atoms with E-state index in [-0.39, 0.29) is 21.1 Å². The molecule has 0 fully saturated rings. The number of carbonyl (C=O) groups excluding carboxylic acids is 1. The van der Waals surface area contributed by atoms with Crippen LogP contribution in [0.4, 0.5) is 0 Å². The SMILES string of the molecule is Cc1n[nH]c([C-]=O)c1C.[W]. The number of hydrogen-bond donors (Lipinski definition) is 1. The second kappa shape index (κ2) is 3.67. The maximum Gasteiger partial charge on any atom is 0.0122 e. The number of aromatic nitrogens is 2. The predicted octanol–water partition coefficient (Wildman–Crippen LogP) is 0.482. The van der Waals surface area contributed by atoms with Gasteiger partial charge in [0.25, 0.3) is 0 Å². The molecule has 1 aromatic heterocycles. The van der Waals surface area contributed by atoms with Crippen molar-refractivity contribution in [3.63, 3.8) is 0 Å². The predicted molar refractivity (Wildman–Crippen MR) is 32.9 cm³/mol. The van der Waals surface area contributed by atoms with Gasteiger partial charge in [-0.3, -0.25) is 0 Å². The Morgan fingerprint density at radius 2 is 2.10 bits per heavy atom. The summed E-state index contributed by atoms with van der Waals surface area (Å²) in [5, 5.41) is 6.35. The summed E-state index contributed by atoms with van der Waals surface area (Å²) in [5.41, 5.74) is 2.19. The van der Waals surface area contributed by atoms with E-state index < -0.39 is 0 Å². The summed E-state index contributed by atoms with van der Waals surface area (Å²) in [7, 11) is 0. The molecule has 1 N–H and O–H groups in total. The molecule has 0 saturated heterocycles. The monoisotopic (exact) mass is 307 g/mol. The summed E-state index contributed by atoms with van der Waals surface area (Å²) in [5.74, 6) is 0. The Hall–Kier alpha value is -0.432. The number of H-pyrrole nitrogens is 1. The second-order valence-corrected chi connectivity index (χ2v) is 1.91. The van der Waals surface area contributed by atoms with Crippen molar-refractivity contribution < 1.29 is 25.9 Å². The van der Waals surface area contributed by atoms with Crippen LogP contribution >= 0.6 is 0 Å². The van der Waals surface area contributed by atoms with E-state index >= 15 is 0 Å². The standard InChI is InChI=1S/C6H7N2O.W/c1-4-5(2)7-8-6(4)3-9;/h1-2H3,(H,7,8);/q-1;. The van der Waals surface area contributed by atoms with Gasteiger partial charge in [0, 0.05) is 27.4 Å². The third-order valence-corrected chi connectivity index (χ3v) is 1.36. The molecule has 0 aliphatic rings. The van der Waals surface area contributed by atoms with Crippen molar-refractivity contribution in [1.29, 1.82) is 0 Å². The van der Waals surface area contributed by atoms with Gasteiger partial charge in [0.15, 0.2) is 0 Å². The molecule has 4 heteroatoms. The Bertz CT molecular complexity index is 232. The molecule has 0 saturated carbocycles.